The van der Waals surface area contributed by atoms with Gasteiger partial charge in [0.05, 0.1) is 13.0 Å². The summed E-state index contributed by atoms with van der Waals surface area (Å²) in [6.07, 6.45) is 2.11. The van der Waals surface area contributed by atoms with Gasteiger partial charge in [0.1, 0.15) is 6.61 Å². The molecule has 1 fully saturated rings. The number of aliphatic carboxylic acids is 1. The molecule has 1 saturated heterocycles. The maximum absolute atomic E-state index is 14.8. The zero-order valence-corrected chi connectivity index (χ0v) is 20.5. The van der Waals surface area contributed by atoms with Crippen molar-refractivity contribution in [2.24, 2.45) is 0 Å². The van der Waals surface area contributed by atoms with Gasteiger partial charge in [-0.1, -0.05) is 43.1 Å². The number of ether oxygens (including phenoxy) is 1. The van der Waals surface area contributed by atoms with Gasteiger partial charge in [-0.3, -0.25) is 24.2 Å². The molecule has 1 N–H and O–H groups in total. The molecule has 1 heterocycles. The number of imide groups is 1. The summed E-state index contributed by atoms with van der Waals surface area (Å²) in [6.45, 7) is 3.15. The Hall–Kier alpha value is -2.97. The molecule has 9 heteroatoms. The Bertz CT molecular complexity index is 1030. The highest BCUT2D eigenvalue weighted by atomic mass is 35.5. The molecule has 2 amide bonds. The number of halogens is 2. The van der Waals surface area contributed by atoms with E-state index in [2.05, 4.69) is 6.92 Å². The average Bonchev–Trinajstić information content (AvgIpc) is 3.14. The van der Waals surface area contributed by atoms with Crippen molar-refractivity contribution in [2.75, 3.05) is 19.7 Å². The van der Waals surface area contributed by atoms with E-state index in [0.717, 1.165) is 23.3 Å². The van der Waals surface area contributed by atoms with Gasteiger partial charge in [0.15, 0.2) is 11.6 Å². The molecule has 0 saturated carbocycles. The quantitative estimate of drug-likeness (QED) is 0.393. The molecule has 188 valence electrons. The van der Waals surface area contributed by atoms with Crippen molar-refractivity contribution in [3.05, 3.63) is 64.4 Å². The van der Waals surface area contributed by atoms with Gasteiger partial charge in [-0.05, 0) is 48.4 Å². The van der Waals surface area contributed by atoms with Crippen molar-refractivity contribution >= 4 is 29.4 Å². The van der Waals surface area contributed by atoms with E-state index in [0.29, 0.717) is 23.7 Å². The van der Waals surface area contributed by atoms with E-state index in [1.54, 1.807) is 18.2 Å². The van der Waals surface area contributed by atoms with Gasteiger partial charge < -0.3 is 9.84 Å². The number of hydrogen-bond donors (Lipinski definition) is 1. The summed E-state index contributed by atoms with van der Waals surface area (Å²) in [5.74, 6) is -1.92. The predicted molar refractivity (Wildman–Crippen MR) is 130 cm³/mol. The molecule has 0 bridgehead atoms. The number of likely N-dealkylation sites (tertiary alicyclic amines) is 1. The third-order valence-electron chi connectivity index (χ3n) is 5.97. The van der Waals surface area contributed by atoms with Crippen LogP contribution in [0.5, 0.6) is 5.75 Å². The van der Waals surface area contributed by atoms with E-state index in [9.17, 15) is 23.9 Å². The summed E-state index contributed by atoms with van der Waals surface area (Å²) in [7, 11) is 0. The van der Waals surface area contributed by atoms with Gasteiger partial charge in [0, 0.05) is 30.5 Å². The fraction of sp³-hybridized carbons (Fsp3) is 0.423. The van der Waals surface area contributed by atoms with Gasteiger partial charge in [-0.15, -0.1) is 0 Å². The normalized spacial score (nSPS) is 14.6. The van der Waals surface area contributed by atoms with Crippen LogP contribution in [0.1, 0.15) is 56.2 Å². The number of carboxylic acid groups (broad SMARTS) is 1. The van der Waals surface area contributed by atoms with Crippen LogP contribution >= 0.6 is 11.6 Å². The van der Waals surface area contributed by atoms with Crippen LogP contribution in [0.4, 0.5) is 4.39 Å². The largest absolute Gasteiger partial charge is 0.489 e. The van der Waals surface area contributed by atoms with Crippen molar-refractivity contribution in [1.82, 2.24) is 9.80 Å². The molecule has 7 nitrogen and oxygen atoms in total. The minimum Gasteiger partial charge on any atom is -0.489 e. The highest BCUT2D eigenvalue weighted by molar-refractivity contribution is 6.30. The van der Waals surface area contributed by atoms with Crippen molar-refractivity contribution in [3.8, 4) is 5.75 Å². The summed E-state index contributed by atoms with van der Waals surface area (Å²) >= 11 is 6.02. The molecule has 3 rings (SSSR count). The maximum Gasteiger partial charge on any atom is 0.305 e. The number of nitrogens with zero attached hydrogens (tertiary/aromatic N) is 2. The Morgan fingerprint density at radius 1 is 1.17 bits per heavy atom. The van der Waals surface area contributed by atoms with Crippen LogP contribution in [0.15, 0.2) is 42.5 Å². The number of hydrogen-bond acceptors (Lipinski definition) is 5. The Morgan fingerprint density at radius 2 is 1.86 bits per heavy atom. The maximum atomic E-state index is 14.8. The van der Waals surface area contributed by atoms with E-state index >= 15 is 0 Å². The lowest BCUT2D eigenvalue weighted by molar-refractivity contribution is -0.140. The fourth-order valence-electron chi connectivity index (χ4n) is 4.13. The van der Waals surface area contributed by atoms with Crippen LogP contribution in [0, 0.1) is 5.82 Å². The Morgan fingerprint density at radius 3 is 2.46 bits per heavy atom. The highest BCUT2D eigenvalue weighted by Gasteiger charge is 2.28. The van der Waals surface area contributed by atoms with Crippen LogP contribution in [0.3, 0.4) is 0 Å². The van der Waals surface area contributed by atoms with Crippen LogP contribution in [0.25, 0.3) is 0 Å². The lowest BCUT2D eigenvalue weighted by atomic mass is 10.0. The Labute approximate surface area is 209 Å². The summed E-state index contributed by atoms with van der Waals surface area (Å²) in [6, 6.07) is 11.3. The second-order valence-corrected chi connectivity index (χ2v) is 8.98. The van der Waals surface area contributed by atoms with Crippen molar-refractivity contribution in [3.63, 3.8) is 0 Å². The summed E-state index contributed by atoms with van der Waals surface area (Å²) in [5.41, 5.74) is 1.51. The number of carbonyl (C=O) groups is 3. The van der Waals surface area contributed by atoms with Crippen LogP contribution in [0.2, 0.25) is 5.02 Å². The summed E-state index contributed by atoms with van der Waals surface area (Å²) < 4.78 is 20.3. The smallest absolute Gasteiger partial charge is 0.305 e. The van der Waals surface area contributed by atoms with Gasteiger partial charge in [0.2, 0.25) is 11.8 Å². The molecule has 1 unspecified atom stereocenters. The van der Waals surface area contributed by atoms with Crippen LogP contribution in [-0.2, 0) is 20.9 Å². The lowest BCUT2D eigenvalue weighted by Gasteiger charge is -2.31. The lowest BCUT2D eigenvalue weighted by Crippen LogP contribution is -2.33. The second kappa shape index (κ2) is 12.7. The first-order chi connectivity index (χ1) is 16.8. The van der Waals surface area contributed by atoms with Crippen molar-refractivity contribution in [2.45, 2.75) is 51.6 Å². The zero-order valence-electron chi connectivity index (χ0n) is 19.7. The molecular formula is C26H30ClFN2O5. The van der Waals surface area contributed by atoms with Crippen LogP contribution < -0.4 is 4.74 Å². The number of carboxylic acids is 1. The molecule has 0 spiro atoms. The first-order valence-electron chi connectivity index (χ1n) is 11.7. The second-order valence-electron chi connectivity index (χ2n) is 8.54. The average molecular weight is 505 g/mol. The number of carbonyl (C=O) groups excluding carboxylic acids is 2. The summed E-state index contributed by atoms with van der Waals surface area (Å²) in [4.78, 5) is 38.2. The van der Waals surface area contributed by atoms with Gasteiger partial charge in [0.25, 0.3) is 0 Å². The molecule has 0 radical (unpaired) electrons. The molecule has 1 aliphatic rings. The topological polar surface area (TPSA) is 87.2 Å². The van der Waals surface area contributed by atoms with Crippen molar-refractivity contribution in [1.29, 1.82) is 0 Å². The van der Waals surface area contributed by atoms with E-state index < -0.39 is 17.8 Å². The Kier molecular flexibility index (Phi) is 9.63. The highest BCUT2D eigenvalue weighted by Crippen LogP contribution is 2.29. The standard InChI is InChI=1S/C26H30ClFN2O5/c1-2-3-12-29(22(16-26(33)34)19-5-7-20(27)8-6-19)17-18-4-9-23(21(28)15-18)35-14-13-30-24(31)10-11-25(30)32/h4-9,15,22H,2-3,10-14,16-17H2,1H3,(H,33,34). The SMILES string of the molecule is CCCCN(Cc1ccc(OCCN2C(=O)CCC2=O)c(F)c1)C(CC(=O)O)c1ccc(Cl)cc1. The number of benzene rings is 2. The molecule has 35 heavy (non-hydrogen) atoms. The van der Waals surface area contributed by atoms with E-state index in [1.165, 1.54) is 12.1 Å². The minimum absolute atomic E-state index is 0.00756. The molecule has 0 aliphatic carbocycles. The number of unbranched alkanes of at least 4 members (excludes halogenated alkanes) is 1. The molecule has 1 aliphatic heterocycles. The zero-order chi connectivity index (χ0) is 25.4. The molecular weight excluding hydrogens is 475 g/mol. The summed E-state index contributed by atoms with van der Waals surface area (Å²) in [5, 5.41) is 10.1. The third-order valence-corrected chi connectivity index (χ3v) is 6.22. The number of amides is 2. The van der Waals surface area contributed by atoms with Crippen molar-refractivity contribution < 1.29 is 28.6 Å². The molecule has 2 aromatic carbocycles. The first-order valence-corrected chi connectivity index (χ1v) is 12.1. The Balaban J connectivity index is 1.71. The number of rotatable bonds is 13. The predicted octanol–water partition coefficient (Wildman–Crippen LogP) is 4.83. The molecule has 2 aromatic rings. The van der Waals surface area contributed by atoms with Gasteiger partial charge in [-0.2, -0.15) is 0 Å². The van der Waals surface area contributed by atoms with E-state index in [1.807, 2.05) is 17.0 Å². The third kappa shape index (κ3) is 7.50. The van der Waals surface area contributed by atoms with E-state index in [-0.39, 0.29) is 50.0 Å². The van der Waals surface area contributed by atoms with Gasteiger partial charge in [-0.25, -0.2) is 4.39 Å². The fourth-order valence-corrected chi connectivity index (χ4v) is 4.25. The van der Waals surface area contributed by atoms with E-state index in [4.69, 9.17) is 16.3 Å². The first kappa shape index (κ1) is 26.6. The monoisotopic (exact) mass is 504 g/mol. The van der Waals surface area contributed by atoms with Crippen LogP contribution in [-0.4, -0.2) is 52.4 Å². The molecule has 0 aromatic heterocycles. The van der Waals surface area contributed by atoms with Gasteiger partial charge >= 0.3 is 5.97 Å². The minimum atomic E-state index is -0.920. The molecule has 1 atom stereocenters.